The summed E-state index contributed by atoms with van der Waals surface area (Å²) in [4.78, 5) is 19.7. The molecule has 0 atom stereocenters. The molecule has 2 heterocycles. The molecule has 0 aliphatic carbocycles. The minimum Gasteiger partial charge on any atom is -0.363 e. The van der Waals surface area contributed by atoms with Crippen LogP contribution in [0.15, 0.2) is 81.8 Å². The first kappa shape index (κ1) is 21.5. The van der Waals surface area contributed by atoms with Crippen LogP contribution in [-0.4, -0.2) is 40.1 Å². The summed E-state index contributed by atoms with van der Waals surface area (Å²) in [6, 6.07) is 18.4. The van der Waals surface area contributed by atoms with E-state index in [4.69, 9.17) is 0 Å². The number of nitrogens with zero attached hydrogens (tertiary/aromatic N) is 3. The summed E-state index contributed by atoms with van der Waals surface area (Å²) >= 11 is 3.43. The average Bonchev–Trinajstić information content (AvgIpc) is 2.78. The predicted molar refractivity (Wildman–Crippen MR) is 131 cm³/mol. The zero-order chi connectivity index (χ0) is 21.6. The minimum atomic E-state index is -0.117. The van der Waals surface area contributed by atoms with Gasteiger partial charge in [-0.2, -0.15) is 0 Å². The zero-order valence-corrected chi connectivity index (χ0v) is 19.3. The first-order valence-electron chi connectivity index (χ1n) is 10.6. The van der Waals surface area contributed by atoms with Crippen molar-refractivity contribution in [1.82, 2.24) is 14.5 Å². The van der Waals surface area contributed by atoms with Gasteiger partial charge >= 0.3 is 0 Å². The molecule has 1 aliphatic rings. The fraction of sp³-hybridized carbons (Fsp3) is 0.280. The van der Waals surface area contributed by atoms with Gasteiger partial charge in [-0.1, -0.05) is 57.9 Å². The van der Waals surface area contributed by atoms with E-state index < -0.39 is 0 Å². The van der Waals surface area contributed by atoms with Crippen LogP contribution in [-0.2, 0) is 0 Å². The first-order valence-corrected chi connectivity index (χ1v) is 11.4. The van der Waals surface area contributed by atoms with Gasteiger partial charge in [-0.15, -0.1) is 0 Å². The topological polar surface area (TPSA) is 50.2 Å². The summed E-state index contributed by atoms with van der Waals surface area (Å²) in [5, 5.41) is 3.39. The molecule has 6 heteroatoms. The maximum Gasteiger partial charge on any atom is 0.297 e. The van der Waals surface area contributed by atoms with Gasteiger partial charge in [0.25, 0.3) is 5.56 Å². The lowest BCUT2D eigenvalue weighted by atomic mass is 10.0. The smallest absolute Gasteiger partial charge is 0.297 e. The van der Waals surface area contributed by atoms with Crippen molar-refractivity contribution in [2.24, 2.45) is 0 Å². The molecule has 1 N–H and O–H groups in total. The summed E-state index contributed by atoms with van der Waals surface area (Å²) in [6.07, 6.45) is 7.63. The molecule has 0 bridgehead atoms. The van der Waals surface area contributed by atoms with Gasteiger partial charge < -0.3 is 5.32 Å². The van der Waals surface area contributed by atoms with Gasteiger partial charge in [-0.3, -0.25) is 14.3 Å². The van der Waals surface area contributed by atoms with Crippen LogP contribution in [0.25, 0.3) is 11.8 Å². The minimum absolute atomic E-state index is 0.117. The number of likely N-dealkylation sites (tertiary alicyclic amines) is 1. The van der Waals surface area contributed by atoms with E-state index >= 15 is 0 Å². The fourth-order valence-electron chi connectivity index (χ4n) is 3.98. The van der Waals surface area contributed by atoms with Crippen molar-refractivity contribution in [3.05, 3.63) is 93.0 Å². The van der Waals surface area contributed by atoms with Crippen LogP contribution in [0.4, 0.5) is 5.82 Å². The number of aromatic nitrogens is 2. The van der Waals surface area contributed by atoms with Crippen LogP contribution in [0.5, 0.6) is 0 Å². The number of anilines is 1. The highest BCUT2D eigenvalue weighted by molar-refractivity contribution is 9.10. The molecule has 3 aromatic rings. The van der Waals surface area contributed by atoms with E-state index in [1.165, 1.54) is 11.1 Å². The third-order valence-electron chi connectivity index (χ3n) is 5.56. The Labute approximate surface area is 191 Å². The number of hydrogen-bond acceptors (Lipinski definition) is 4. The molecule has 1 aliphatic heterocycles. The van der Waals surface area contributed by atoms with E-state index in [2.05, 4.69) is 68.4 Å². The standard InChI is InChI=1S/C25H27BrN4O/c1-19(17-20-5-3-2-4-6-20)18-29-14-11-22(12-15-29)28-24-25(31)30(16-13-27-24)23-9-7-21(26)8-10-23/h2-10,13,16-17,22H,11-12,14-15,18H2,1H3,(H,27,28). The van der Waals surface area contributed by atoms with Gasteiger partial charge in [0.2, 0.25) is 0 Å². The number of halogens is 1. The van der Waals surface area contributed by atoms with Gasteiger partial charge in [0, 0.05) is 48.2 Å². The summed E-state index contributed by atoms with van der Waals surface area (Å²) in [5.41, 5.74) is 3.32. The summed E-state index contributed by atoms with van der Waals surface area (Å²) < 4.78 is 2.62. The fourth-order valence-corrected chi connectivity index (χ4v) is 4.24. The quantitative estimate of drug-likeness (QED) is 0.542. The van der Waals surface area contributed by atoms with E-state index in [1.54, 1.807) is 17.0 Å². The van der Waals surface area contributed by atoms with Crippen molar-refractivity contribution in [2.45, 2.75) is 25.8 Å². The van der Waals surface area contributed by atoms with Crippen LogP contribution in [0, 0.1) is 0 Å². The van der Waals surface area contributed by atoms with Crippen molar-refractivity contribution >= 4 is 27.8 Å². The second-order valence-corrected chi connectivity index (χ2v) is 8.94. The Morgan fingerprint density at radius 2 is 1.84 bits per heavy atom. The molecular formula is C25H27BrN4O. The average molecular weight is 479 g/mol. The summed E-state index contributed by atoms with van der Waals surface area (Å²) in [7, 11) is 0. The maximum atomic E-state index is 12.9. The van der Waals surface area contributed by atoms with Gasteiger partial charge in [0.1, 0.15) is 0 Å². The first-order chi connectivity index (χ1) is 15.1. The lowest BCUT2D eigenvalue weighted by Gasteiger charge is -2.32. The molecule has 4 rings (SSSR count). The molecule has 0 saturated carbocycles. The SMILES string of the molecule is CC(=Cc1ccccc1)CN1CCC(Nc2nccn(-c3ccc(Br)cc3)c2=O)CC1. The molecule has 0 radical (unpaired) electrons. The van der Waals surface area contributed by atoms with Crippen LogP contribution in [0.2, 0.25) is 0 Å². The van der Waals surface area contributed by atoms with Crippen molar-refractivity contribution in [2.75, 3.05) is 25.0 Å². The monoisotopic (exact) mass is 478 g/mol. The highest BCUT2D eigenvalue weighted by atomic mass is 79.9. The van der Waals surface area contributed by atoms with Crippen molar-refractivity contribution in [1.29, 1.82) is 0 Å². The molecule has 1 saturated heterocycles. The summed E-state index contributed by atoms with van der Waals surface area (Å²) in [6.45, 7) is 5.17. The van der Waals surface area contributed by atoms with Gasteiger partial charge in [-0.05, 0) is 49.6 Å². The Morgan fingerprint density at radius 3 is 2.55 bits per heavy atom. The molecule has 2 aromatic carbocycles. The van der Waals surface area contributed by atoms with Gasteiger partial charge in [0.15, 0.2) is 5.82 Å². The molecule has 31 heavy (non-hydrogen) atoms. The van der Waals surface area contributed by atoms with Crippen molar-refractivity contribution in [3.8, 4) is 5.69 Å². The maximum absolute atomic E-state index is 12.9. The van der Waals surface area contributed by atoms with E-state index in [-0.39, 0.29) is 11.6 Å². The zero-order valence-electron chi connectivity index (χ0n) is 17.7. The molecule has 0 unspecified atom stereocenters. The molecule has 5 nitrogen and oxygen atoms in total. The highest BCUT2D eigenvalue weighted by Gasteiger charge is 2.20. The molecule has 0 amide bonds. The van der Waals surface area contributed by atoms with Gasteiger partial charge in [0.05, 0.1) is 0 Å². The Morgan fingerprint density at radius 1 is 1.13 bits per heavy atom. The van der Waals surface area contributed by atoms with E-state index in [1.807, 2.05) is 30.3 Å². The molecule has 1 aromatic heterocycles. The Kier molecular flexibility index (Phi) is 6.99. The number of nitrogens with one attached hydrogen (secondary N) is 1. The lowest BCUT2D eigenvalue weighted by molar-refractivity contribution is 0.236. The lowest BCUT2D eigenvalue weighted by Crippen LogP contribution is -2.41. The van der Waals surface area contributed by atoms with E-state index in [9.17, 15) is 4.79 Å². The normalized spacial score (nSPS) is 15.7. The number of benzene rings is 2. The van der Waals surface area contributed by atoms with Crippen LogP contribution < -0.4 is 10.9 Å². The van der Waals surface area contributed by atoms with Crippen molar-refractivity contribution in [3.63, 3.8) is 0 Å². The molecule has 0 spiro atoms. The third kappa shape index (κ3) is 5.71. The molecule has 160 valence electrons. The third-order valence-corrected chi connectivity index (χ3v) is 6.09. The Balaban J connectivity index is 1.35. The Bertz CT molecular complexity index is 1080. The number of rotatable bonds is 6. The van der Waals surface area contributed by atoms with Crippen LogP contribution in [0.3, 0.4) is 0 Å². The van der Waals surface area contributed by atoms with E-state index in [0.29, 0.717) is 5.82 Å². The van der Waals surface area contributed by atoms with E-state index in [0.717, 1.165) is 42.6 Å². The largest absolute Gasteiger partial charge is 0.363 e. The second kappa shape index (κ2) is 10.1. The Hall–Kier alpha value is -2.70. The number of piperidine rings is 1. The highest BCUT2D eigenvalue weighted by Crippen LogP contribution is 2.17. The predicted octanol–water partition coefficient (Wildman–Crippen LogP) is 4.97. The second-order valence-electron chi connectivity index (χ2n) is 8.02. The van der Waals surface area contributed by atoms with Crippen molar-refractivity contribution < 1.29 is 0 Å². The molecule has 1 fully saturated rings. The van der Waals surface area contributed by atoms with Crippen LogP contribution in [0.1, 0.15) is 25.3 Å². The number of hydrogen-bond donors (Lipinski definition) is 1. The summed E-state index contributed by atoms with van der Waals surface area (Å²) in [5.74, 6) is 0.420. The molecular weight excluding hydrogens is 452 g/mol. The van der Waals surface area contributed by atoms with Crippen LogP contribution >= 0.6 is 15.9 Å². The van der Waals surface area contributed by atoms with Gasteiger partial charge in [-0.25, -0.2) is 4.98 Å².